The number of unbranched alkanes of at least 4 members (excludes halogenated alkanes) is 1. The van der Waals surface area contributed by atoms with Crippen LogP contribution in [0.15, 0.2) is 0 Å². The van der Waals surface area contributed by atoms with Crippen LogP contribution in [0.1, 0.15) is 66.2 Å². The molecule has 1 unspecified atom stereocenters. The van der Waals surface area contributed by atoms with E-state index in [2.05, 4.69) is 37.9 Å². The lowest BCUT2D eigenvalue weighted by molar-refractivity contribution is 0.256. The van der Waals surface area contributed by atoms with Crippen LogP contribution in [-0.4, -0.2) is 37.1 Å². The third-order valence-electron chi connectivity index (χ3n) is 4.35. The molecule has 1 heterocycles. The Balaban J connectivity index is 2.08. The normalized spacial score (nSPS) is 22.7. The summed E-state index contributed by atoms with van der Waals surface area (Å²) in [7, 11) is 0. The van der Waals surface area contributed by atoms with Gasteiger partial charge in [-0.1, -0.05) is 27.2 Å². The fourth-order valence-electron chi connectivity index (χ4n) is 2.94. The Kier molecular flexibility index (Phi) is 7.25. The van der Waals surface area contributed by atoms with Crippen molar-refractivity contribution in [2.75, 3.05) is 26.2 Å². The highest BCUT2D eigenvalue weighted by Crippen LogP contribution is 2.29. The standard InChI is InChI=1S/C16H34N2/c1-5-17-15(2)9-6-7-12-18-13-8-10-16(3,4)11-14-18/h15,17H,5-14H2,1-4H3. The van der Waals surface area contributed by atoms with Gasteiger partial charge in [-0.2, -0.15) is 0 Å². The van der Waals surface area contributed by atoms with Gasteiger partial charge >= 0.3 is 0 Å². The molecule has 0 saturated carbocycles. The molecule has 0 radical (unpaired) electrons. The molecule has 1 N–H and O–H groups in total. The van der Waals surface area contributed by atoms with Gasteiger partial charge in [0.05, 0.1) is 0 Å². The Morgan fingerprint density at radius 3 is 2.67 bits per heavy atom. The highest BCUT2D eigenvalue weighted by molar-refractivity contribution is 4.76. The van der Waals surface area contributed by atoms with Gasteiger partial charge < -0.3 is 10.2 Å². The van der Waals surface area contributed by atoms with Gasteiger partial charge in [0.15, 0.2) is 0 Å². The lowest BCUT2D eigenvalue weighted by Crippen LogP contribution is -2.28. The number of likely N-dealkylation sites (tertiary alicyclic amines) is 1. The van der Waals surface area contributed by atoms with Crippen molar-refractivity contribution in [2.45, 2.75) is 72.3 Å². The number of hydrogen-bond donors (Lipinski definition) is 1. The van der Waals surface area contributed by atoms with E-state index in [9.17, 15) is 0 Å². The number of nitrogens with one attached hydrogen (secondary N) is 1. The van der Waals surface area contributed by atoms with Crippen LogP contribution in [0.4, 0.5) is 0 Å². The Morgan fingerprint density at radius 2 is 1.94 bits per heavy atom. The third-order valence-corrected chi connectivity index (χ3v) is 4.35. The van der Waals surface area contributed by atoms with E-state index in [4.69, 9.17) is 0 Å². The van der Waals surface area contributed by atoms with Gasteiger partial charge in [0.2, 0.25) is 0 Å². The zero-order chi connectivity index (χ0) is 13.4. The first kappa shape index (κ1) is 16.0. The molecular weight excluding hydrogens is 220 g/mol. The van der Waals surface area contributed by atoms with Gasteiger partial charge in [-0.15, -0.1) is 0 Å². The molecule has 0 aromatic carbocycles. The summed E-state index contributed by atoms with van der Waals surface area (Å²) in [5.41, 5.74) is 0.578. The first-order valence-corrected chi connectivity index (χ1v) is 7.99. The lowest BCUT2D eigenvalue weighted by Gasteiger charge is -2.23. The summed E-state index contributed by atoms with van der Waals surface area (Å²) in [5.74, 6) is 0. The summed E-state index contributed by atoms with van der Waals surface area (Å²) >= 11 is 0. The quantitative estimate of drug-likeness (QED) is 0.697. The maximum absolute atomic E-state index is 3.49. The summed E-state index contributed by atoms with van der Waals surface area (Å²) in [6.45, 7) is 14.4. The van der Waals surface area contributed by atoms with E-state index in [0.29, 0.717) is 11.5 Å². The molecule has 1 aliphatic rings. The van der Waals surface area contributed by atoms with Gasteiger partial charge in [-0.3, -0.25) is 0 Å². The van der Waals surface area contributed by atoms with Gasteiger partial charge in [0, 0.05) is 6.04 Å². The molecule has 0 spiro atoms. The second-order valence-corrected chi connectivity index (χ2v) is 6.81. The average molecular weight is 254 g/mol. The Hall–Kier alpha value is -0.0800. The van der Waals surface area contributed by atoms with Crippen molar-refractivity contribution in [3.05, 3.63) is 0 Å². The Morgan fingerprint density at radius 1 is 1.17 bits per heavy atom. The minimum absolute atomic E-state index is 0.578. The van der Waals surface area contributed by atoms with E-state index in [0.717, 1.165) is 6.54 Å². The van der Waals surface area contributed by atoms with Crippen molar-refractivity contribution >= 4 is 0 Å². The van der Waals surface area contributed by atoms with E-state index >= 15 is 0 Å². The Labute approximate surface area is 115 Å². The monoisotopic (exact) mass is 254 g/mol. The van der Waals surface area contributed by atoms with Crippen molar-refractivity contribution in [3.8, 4) is 0 Å². The van der Waals surface area contributed by atoms with E-state index in [1.165, 1.54) is 58.2 Å². The molecule has 1 aliphatic heterocycles. The minimum atomic E-state index is 0.578. The third kappa shape index (κ3) is 6.75. The topological polar surface area (TPSA) is 15.3 Å². The van der Waals surface area contributed by atoms with E-state index in [-0.39, 0.29) is 0 Å². The summed E-state index contributed by atoms with van der Waals surface area (Å²) in [6.07, 6.45) is 8.24. The van der Waals surface area contributed by atoms with Gasteiger partial charge in [0.25, 0.3) is 0 Å². The molecule has 1 rings (SSSR count). The highest BCUT2D eigenvalue weighted by Gasteiger charge is 2.22. The zero-order valence-electron chi connectivity index (χ0n) is 13.1. The molecule has 0 amide bonds. The van der Waals surface area contributed by atoms with E-state index in [1.54, 1.807) is 0 Å². The summed E-state index contributed by atoms with van der Waals surface area (Å²) in [4.78, 5) is 2.69. The van der Waals surface area contributed by atoms with Gasteiger partial charge in [0.1, 0.15) is 0 Å². The second-order valence-electron chi connectivity index (χ2n) is 6.81. The molecule has 0 aliphatic carbocycles. The molecule has 2 nitrogen and oxygen atoms in total. The van der Waals surface area contributed by atoms with Crippen LogP contribution in [0.5, 0.6) is 0 Å². The largest absolute Gasteiger partial charge is 0.315 e. The number of hydrogen-bond acceptors (Lipinski definition) is 2. The fourth-order valence-corrected chi connectivity index (χ4v) is 2.94. The first-order chi connectivity index (χ1) is 8.53. The van der Waals surface area contributed by atoms with E-state index in [1.807, 2.05) is 0 Å². The number of rotatable bonds is 7. The maximum Gasteiger partial charge on any atom is 0.00386 e. The predicted molar refractivity (Wildman–Crippen MR) is 81.1 cm³/mol. The minimum Gasteiger partial charge on any atom is -0.315 e. The van der Waals surface area contributed by atoms with Crippen molar-refractivity contribution in [2.24, 2.45) is 5.41 Å². The van der Waals surface area contributed by atoms with E-state index < -0.39 is 0 Å². The lowest BCUT2D eigenvalue weighted by atomic mass is 9.85. The molecule has 0 bridgehead atoms. The van der Waals surface area contributed by atoms with Crippen molar-refractivity contribution in [1.29, 1.82) is 0 Å². The fraction of sp³-hybridized carbons (Fsp3) is 1.00. The zero-order valence-corrected chi connectivity index (χ0v) is 13.1. The molecule has 108 valence electrons. The van der Waals surface area contributed by atoms with Crippen molar-refractivity contribution in [3.63, 3.8) is 0 Å². The summed E-state index contributed by atoms with van der Waals surface area (Å²) < 4.78 is 0. The Bertz CT molecular complexity index is 213. The molecule has 2 heteroatoms. The van der Waals surface area contributed by atoms with Crippen LogP contribution in [0.2, 0.25) is 0 Å². The van der Waals surface area contributed by atoms with Crippen LogP contribution in [-0.2, 0) is 0 Å². The SMILES string of the molecule is CCNC(C)CCCCN1CCCC(C)(C)CC1. The molecular formula is C16H34N2. The van der Waals surface area contributed by atoms with Crippen LogP contribution in [0.25, 0.3) is 0 Å². The van der Waals surface area contributed by atoms with Crippen molar-refractivity contribution < 1.29 is 0 Å². The van der Waals surface area contributed by atoms with Crippen molar-refractivity contribution in [1.82, 2.24) is 10.2 Å². The second kappa shape index (κ2) is 8.16. The predicted octanol–water partition coefficient (Wildman–Crippen LogP) is 3.67. The van der Waals surface area contributed by atoms with Crippen LogP contribution in [0, 0.1) is 5.41 Å². The first-order valence-electron chi connectivity index (χ1n) is 7.99. The number of nitrogens with zero attached hydrogens (tertiary/aromatic N) is 1. The smallest absolute Gasteiger partial charge is 0.00386 e. The molecule has 18 heavy (non-hydrogen) atoms. The molecule has 1 atom stereocenters. The van der Waals surface area contributed by atoms with Gasteiger partial charge in [-0.25, -0.2) is 0 Å². The maximum atomic E-state index is 3.49. The average Bonchev–Trinajstić information content (AvgIpc) is 2.47. The van der Waals surface area contributed by atoms with Gasteiger partial charge in [-0.05, 0) is 70.6 Å². The molecule has 1 fully saturated rings. The molecule has 0 aromatic rings. The molecule has 1 saturated heterocycles. The highest BCUT2D eigenvalue weighted by atomic mass is 15.1. The molecule has 0 aromatic heterocycles. The summed E-state index contributed by atoms with van der Waals surface area (Å²) in [6, 6.07) is 0.693. The van der Waals surface area contributed by atoms with Crippen LogP contribution >= 0.6 is 0 Å². The van der Waals surface area contributed by atoms with Crippen LogP contribution in [0.3, 0.4) is 0 Å². The summed E-state index contributed by atoms with van der Waals surface area (Å²) in [5, 5.41) is 3.49. The van der Waals surface area contributed by atoms with Crippen LogP contribution < -0.4 is 5.32 Å².